The first-order chi connectivity index (χ1) is 6.02. The molecule has 0 saturated carbocycles. The van der Waals surface area contributed by atoms with Crippen LogP contribution in [0.3, 0.4) is 0 Å². The van der Waals surface area contributed by atoms with E-state index < -0.39 is 6.09 Å². The molecule has 76 valence electrons. The number of nitrogens with one attached hydrogen (secondary N) is 1. The third-order valence-electron chi connectivity index (χ3n) is 1.64. The zero-order chi connectivity index (χ0) is 10.3. The summed E-state index contributed by atoms with van der Waals surface area (Å²) in [6.07, 6.45) is 3.22. The minimum Gasteiger partial charge on any atom is -0.323 e. The van der Waals surface area contributed by atoms with Crippen molar-refractivity contribution < 1.29 is 9.63 Å². The average Bonchev–Trinajstić information content (AvgIpc) is 2.03. The van der Waals surface area contributed by atoms with E-state index in [4.69, 9.17) is 0 Å². The topological polar surface area (TPSA) is 50.7 Å². The van der Waals surface area contributed by atoms with Gasteiger partial charge in [0.15, 0.2) is 0 Å². The summed E-state index contributed by atoms with van der Waals surface area (Å²) >= 11 is 0. The van der Waals surface area contributed by atoms with Crippen LogP contribution >= 0.6 is 0 Å². The Morgan fingerprint density at radius 2 is 2.23 bits per heavy atom. The summed E-state index contributed by atoms with van der Waals surface area (Å²) in [5.74, 6) is 0. The molecule has 0 aliphatic heterocycles. The van der Waals surface area contributed by atoms with Gasteiger partial charge >= 0.3 is 6.09 Å². The van der Waals surface area contributed by atoms with Gasteiger partial charge in [-0.05, 0) is 6.42 Å². The molecule has 0 aliphatic rings. The summed E-state index contributed by atoms with van der Waals surface area (Å²) in [6.45, 7) is 6.20. The number of hydrogen-bond donors (Lipinski definition) is 1. The predicted molar refractivity (Wildman–Crippen MR) is 52.7 cm³/mol. The molecule has 0 rings (SSSR count). The second-order valence-electron chi connectivity index (χ2n) is 3.60. The molecule has 0 atom stereocenters. The van der Waals surface area contributed by atoms with Crippen LogP contribution in [0.1, 0.15) is 33.6 Å². The first-order valence-corrected chi connectivity index (χ1v) is 4.45. The van der Waals surface area contributed by atoms with Crippen molar-refractivity contribution in [2.45, 2.75) is 33.6 Å². The Hall–Kier alpha value is -1.06. The number of amides is 1. The second-order valence-corrected chi connectivity index (χ2v) is 3.60. The van der Waals surface area contributed by atoms with Crippen molar-refractivity contribution in [3.05, 3.63) is 0 Å². The smallest absolute Gasteiger partial charge is 0.323 e. The van der Waals surface area contributed by atoms with E-state index in [-0.39, 0.29) is 5.41 Å². The van der Waals surface area contributed by atoms with Crippen LogP contribution in [-0.2, 0) is 4.84 Å². The van der Waals surface area contributed by atoms with Crippen LogP contribution in [0.25, 0.3) is 0 Å². The summed E-state index contributed by atoms with van der Waals surface area (Å²) in [4.78, 5) is 15.1. The third-order valence-corrected chi connectivity index (χ3v) is 1.64. The van der Waals surface area contributed by atoms with Gasteiger partial charge in [-0.1, -0.05) is 32.3 Å². The van der Waals surface area contributed by atoms with Gasteiger partial charge in [0.05, 0.1) is 6.21 Å². The van der Waals surface area contributed by atoms with E-state index in [0.717, 1.165) is 12.8 Å². The highest BCUT2D eigenvalue weighted by Gasteiger charge is 2.13. The lowest BCUT2D eigenvalue weighted by molar-refractivity contribution is 0.152. The van der Waals surface area contributed by atoms with Crippen molar-refractivity contribution in [3.63, 3.8) is 0 Å². The van der Waals surface area contributed by atoms with Gasteiger partial charge in [0.25, 0.3) is 0 Å². The molecule has 1 amide bonds. The fourth-order valence-corrected chi connectivity index (χ4v) is 0.971. The maximum atomic E-state index is 10.6. The van der Waals surface area contributed by atoms with Gasteiger partial charge in [-0.3, -0.25) is 4.84 Å². The molecule has 0 radical (unpaired) electrons. The van der Waals surface area contributed by atoms with Gasteiger partial charge in [0, 0.05) is 12.5 Å². The molecule has 0 bridgehead atoms. The van der Waals surface area contributed by atoms with E-state index in [1.165, 1.54) is 7.05 Å². The molecule has 13 heavy (non-hydrogen) atoms. The molecule has 1 N–H and O–H groups in total. The van der Waals surface area contributed by atoms with Crippen molar-refractivity contribution in [1.29, 1.82) is 0 Å². The lowest BCUT2D eigenvalue weighted by Gasteiger charge is -2.16. The normalized spacial score (nSPS) is 11.7. The summed E-state index contributed by atoms with van der Waals surface area (Å²) in [7, 11) is 1.50. The van der Waals surface area contributed by atoms with Gasteiger partial charge in [-0.25, -0.2) is 4.79 Å². The zero-order valence-electron chi connectivity index (χ0n) is 8.76. The van der Waals surface area contributed by atoms with Crippen LogP contribution in [0.4, 0.5) is 4.79 Å². The van der Waals surface area contributed by atoms with E-state index in [2.05, 4.69) is 22.2 Å². The number of carbonyl (C=O) groups excluding carboxylic acids is 1. The third kappa shape index (κ3) is 6.13. The molecule has 0 unspecified atom stereocenters. The van der Waals surface area contributed by atoms with Crippen LogP contribution in [0, 0.1) is 5.41 Å². The number of carbonyl (C=O) groups is 1. The maximum Gasteiger partial charge on any atom is 0.433 e. The number of rotatable bonds is 4. The van der Waals surface area contributed by atoms with E-state index in [0.29, 0.717) is 0 Å². The lowest BCUT2D eigenvalue weighted by Crippen LogP contribution is -2.18. The SMILES string of the molecule is CCCC(C)(C)/C=N/OC(=O)NC. The predicted octanol–water partition coefficient (Wildman–Crippen LogP) is 2.15. The van der Waals surface area contributed by atoms with Gasteiger partial charge in [0.2, 0.25) is 0 Å². The zero-order valence-corrected chi connectivity index (χ0v) is 8.76. The maximum absolute atomic E-state index is 10.6. The van der Waals surface area contributed by atoms with Gasteiger partial charge in [-0.2, -0.15) is 0 Å². The molecule has 0 spiro atoms. The first kappa shape index (κ1) is 11.9. The van der Waals surface area contributed by atoms with Crippen molar-refractivity contribution in [1.82, 2.24) is 5.32 Å². The molecule has 4 nitrogen and oxygen atoms in total. The fourth-order valence-electron chi connectivity index (χ4n) is 0.971. The summed E-state index contributed by atoms with van der Waals surface area (Å²) in [6, 6.07) is 0. The largest absolute Gasteiger partial charge is 0.433 e. The minimum atomic E-state index is -0.538. The summed E-state index contributed by atoms with van der Waals surface area (Å²) in [5.41, 5.74) is -0.0111. The molecule has 0 aromatic heterocycles. The number of hydrogen-bond acceptors (Lipinski definition) is 3. The summed E-state index contributed by atoms with van der Waals surface area (Å²) in [5, 5.41) is 5.90. The Morgan fingerprint density at radius 1 is 1.62 bits per heavy atom. The van der Waals surface area contributed by atoms with Crippen molar-refractivity contribution in [2.75, 3.05) is 7.05 Å². The van der Waals surface area contributed by atoms with E-state index in [9.17, 15) is 4.79 Å². The van der Waals surface area contributed by atoms with Crippen molar-refractivity contribution in [3.8, 4) is 0 Å². The molecule has 0 aromatic rings. The molecule has 0 fully saturated rings. The highest BCUT2D eigenvalue weighted by molar-refractivity contribution is 5.69. The van der Waals surface area contributed by atoms with E-state index in [1.807, 2.05) is 13.8 Å². The Labute approximate surface area is 79.3 Å². The van der Waals surface area contributed by atoms with Crippen LogP contribution in [0.15, 0.2) is 5.16 Å². The first-order valence-electron chi connectivity index (χ1n) is 4.45. The van der Waals surface area contributed by atoms with Crippen molar-refractivity contribution in [2.24, 2.45) is 10.6 Å². The van der Waals surface area contributed by atoms with Crippen LogP contribution in [-0.4, -0.2) is 19.4 Å². The highest BCUT2D eigenvalue weighted by atomic mass is 16.7. The minimum absolute atomic E-state index is 0.0111. The molecule has 4 heteroatoms. The lowest BCUT2D eigenvalue weighted by atomic mass is 9.90. The molecule has 0 aliphatic carbocycles. The van der Waals surface area contributed by atoms with Crippen LogP contribution in [0.5, 0.6) is 0 Å². The standard InChI is InChI=1S/C9H18N2O2/c1-5-6-9(2,3)7-11-13-8(12)10-4/h7H,5-6H2,1-4H3,(H,10,12)/b11-7+. The van der Waals surface area contributed by atoms with Gasteiger partial charge in [0.1, 0.15) is 0 Å². The average molecular weight is 186 g/mol. The molecular weight excluding hydrogens is 168 g/mol. The molecule has 0 saturated heterocycles. The Morgan fingerprint density at radius 3 is 2.69 bits per heavy atom. The van der Waals surface area contributed by atoms with E-state index >= 15 is 0 Å². The molecular formula is C9H18N2O2. The highest BCUT2D eigenvalue weighted by Crippen LogP contribution is 2.18. The Balaban J connectivity index is 3.88. The van der Waals surface area contributed by atoms with Crippen molar-refractivity contribution >= 4 is 12.3 Å². The van der Waals surface area contributed by atoms with E-state index in [1.54, 1.807) is 6.21 Å². The van der Waals surface area contributed by atoms with Gasteiger partial charge in [-0.15, -0.1) is 0 Å². The quantitative estimate of drug-likeness (QED) is 0.415. The van der Waals surface area contributed by atoms with Crippen LogP contribution < -0.4 is 5.32 Å². The fraction of sp³-hybridized carbons (Fsp3) is 0.778. The molecule has 0 aromatic carbocycles. The second kappa shape index (κ2) is 5.56. The monoisotopic (exact) mass is 186 g/mol. The Kier molecular flexibility index (Phi) is 5.11. The van der Waals surface area contributed by atoms with Gasteiger partial charge < -0.3 is 5.32 Å². The summed E-state index contributed by atoms with van der Waals surface area (Å²) < 4.78 is 0. The number of nitrogens with zero attached hydrogens (tertiary/aromatic N) is 1. The Bertz CT molecular complexity index is 188. The molecule has 0 heterocycles. The number of oxime groups is 1. The van der Waals surface area contributed by atoms with Crippen LogP contribution in [0.2, 0.25) is 0 Å².